The van der Waals surface area contributed by atoms with E-state index >= 15 is 0 Å². The van der Waals surface area contributed by atoms with Gasteiger partial charge in [-0.1, -0.05) is 19.3 Å². The second-order valence-electron chi connectivity index (χ2n) is 6.22. The lowest BCUT2D eigenvalue weighted by Gasteiger charge is -2.23. The van der Waals surface area contributed by atoms with Crippen LogP contribution >= 0.6 is 0 Å². The topological polar surface area (TPSA) is 76.2 Å². The van der Waals surface area contributed by atoms with Gasteiger partial charge in [0.15, 0.2) is 5.96 Å². The molecule has 0 unspecified atom stereocenters. The number of nitrogens with two attached hydrogens (primary N) is 1. The number of guanidine groups is 1. The molecule has 0 aliphatic heterocycles. The van der Waals surface area contributed by atoms with Gasteiger partial charge in [-0.05, 0) is 37.7 Å². The number of hydrogen-bond donors (Lipinski definition) is 2. The van der Waals surface area contributed by atoms with Crippen molar-refractivity contribution in [3.63, 3.8) is 0 Å². The smallest absolute Gasteiger partial charge is 0.188 e. The zero-order valence-electron chi connectivity index (χ0n) is 12.6. The summed E-state index contributed by atoms with van der Waals surface area (Å²) < 4.78 is 0. The number of aromatic nitrogens is 2. The standard InChI is InChI=1S/C16H25N5/c17-16(21-14-4-2-1-3-5-14)18-9-8-12-10-19-15(20-11-12)13-6-7-13/h10-11,13-14H,1-9H2,(H3,17,18,21). The van der Waals surface area contributed by atoms with Crippen molar-refractivity contribution < 1.29 is 0 Å². The normalized spacial score (nSPS) is 20.5. The first kappa shape index (κ1) is 14.3. The number of rotatable bonds is 5. The summed E-state index contributed by atoms with van der Waals surface area (Å²) in [5.41, 5.74) is 7.08. The van der Waals surface area contributed by atoms with Crippen LogP contribution in [-0.4, -0.2) is 28.5 Å². The molecule has 1 aromatic heterocycles. The molecular weight excluding hydrogens is 262 g/mol. The van der Waals surface area contributed by atoms with Crippen LogP contribution < -0.4 is 11.1 Å². The van der Waals surface area contributed by atoms with Crippen molar-refractivity contribution in [2.24, 2.45) is 10.7 Å². The first-order valence-electron chi connectivity index (χ1n) is 8.18. The average molecular weight is 287 g/mol. The van der Waals surface area contributed by atoms with Gasteiger partial charge in [0, 0.05) is 30.9 Å². The number of nitrogens with one attached hydrogen (secondary N) is 1. The van der Waals surface area contributed by atoms with E-state index in [1.165, 1.54) is 44.9 Å². The number of hydrogen-bond acceptors (Lipinski definition) is 3. The summed E-state index contributed by atoms with van der Waals surface area (Å²) in [6, 6.07) is 0.517. The molecule has 114 valence electrons. The minimum atomic E-state index is 0.517. The summed E-state index contributed by atoms with van der Waals surface area (Å²) in [5, 5.41) is 3.33. The van der Waals surface area contributed by atoms with Crippen molar-refractivity contribution in [1.82, 2.24) is 15.3 Å². The van der Waals surface area contributed by atoms with Crippen LogP contribution in [0.15, 0.2) is 17.4 Å². The van der Waals surface area contributed by atoms with E-state index in [0.717, 1.165) is 17.8 Å². The Morgan fingerprint density at radius 2 is 1.86 bits per heavy atom. The zero-order valence-corrected chi connectivity index (χ0v) is 12.6. The molecular formula is C16H25N5. The van der Waals surface area contributed by atoms with E-state index in [4.69, 9.17) is 5.73 Å². The molecule has 0 spiro atoms. The predicted molar refractivity (Wildman–Crippen MR) is 84.2 cm³/mol. The van der Waals surface area contributed by atoms with Crippen LogP contribution in [0.5, 0.6) is 0 Å². The average Bonchev–Trinajstić information content (AvgIpc) is 3.34. The third-order valence-corrected chi connectivity index (χ3v) is 4.31. The Labute approximate surface area is 126 Å². The highest BCUT2D eigenvalue weighted by Crippen LogP contribution is 2.37. The van der Waals surface area contributed by atoms with E-state index in [1.807, 2.05) is 12.4 Å². The zero-order chi connectivity index (χ0) is 14.5. The third-order valence-electron chi connectivity index (χ3n) is 4.31. The van der Waals surface area contributed by atoms with Gasteiger partial charge >= 0.3 is 0 Å². The minimum absolute atomic E-state index is 0.517. The van der Waals surface area contributed by atoms with E-state index in [1.54, 1.807) is 0 Å². The molecule has 0 radical (unpaired) electrons. The number of nitrogens with zero attached hydrogens (tertiary/aromatic N) is 3. The van der Waals surface area contributed by atoms with E-state index in [2.05, 4.69) is 20.3 Å². The largest absolute Gasteiger partial charge is 0.370 e. The molecule has 2 fully saturated rings. The van der Waals surface area contributed by atoms with Gasteiger partial charge in [0.05, 0.1) is 0 Å². The van der Waals surface area contributed by atoms with Crippen molar-refractivity contribution in [2.75, 3.05) is 6.54 Å². The van der Waals surface area contributed by atoms with Crippen LogP contribution in [0.1, 0.15) is 62.3 Å². The van der Waals surface area contributed by atoms with Crippen LogP contribution in [0.2, 0.25) is 0 Å². The highest BCUT2D eigenvalue weighted by molar-refractivity contribution is 5.78. The first-order chi connectivity index (χ1) is 10.3. The lowest BCUT2D eigenvalue weighted by molar-refractivity contribution is 0.412. The molecule has 5 heteroatoms. The SMILES string of the molecule is NC(=NCCc1cnc(C2CC2)nc1)NC1CCCCC1. The molecule has 1 heterocycles. The van der Waals surface area contributed by atoms with Gasteiger partial charge < -0.3 is 11.1 Å². The van der Waals surface area contributed by atoms with Crippen molar-refractivity contribution in [1.29, 1.82) is 0 Å². The van der Waals surface area contributed by atoms with Crippen molar-refractivity contribution >= 4 is 5.96 Å². The monoisotopic (exact) mass is 287 g/mol. The highest BCUT2D eigenvalue weighted by Gasteiger charge is 2.25. The molecule has 2 aliphatic carbocycles. The molecule has 0 amide bonds. The summed E-state index contributed by atoms with van der Waals surface area (Å²) in [6.07, 6.45) is 13.6. The van der Waals surface area contributed by atoms with Gasteiger partial charge in [0.1, 0.15) is 5.82 Å². The summed E-state index contributed by atoms with van der Waals surface area (Å²) >= 11 is 0. The number of aliphatic imine (C=N–C) groups is 1. The summed E-state index contributed by atoms with van der Waals surface area (Å²) in [4.78, 5) is 13.3. The van der Waals surface area contributed by atoms with Crippen molar-refractivity contribution in [3.05, 3.63) is 23.8 Å². The Hall–Kier alpha value is -1.65. The molecule has 2 aliphatic rings. The molecule has 0 saturated heterocycles. The van der Waals surface area contributed by atoms with Crippen molar-refractivity contribution in [2.45, 2.75) is 63.3 Å². The molecule has 0 atom stereocenters. The summed E-state index contributed by atoms with van der Waals surface area (Å²) in [5.74, 6) is 2.20. The van der Waals surface area contributed by atoms with E-state index in [0.29, 0.717) is 24.5 Å². The van der Waals surface area contributed by atoms with Crippen LogP contribution in [-0.2, 0) is 6.42 Å². The lowest BCUT2D eigenvalue weighted by Crippen LogP contribution is -2.41. The second kappa shape index (κ2) is 6.87. The molecule has 0 bridgehead atoms. The summed E-state index contributed by atoms with van der Waals surface area (Å²) in [7, 11) is 0. The molecule has 5 nitrogen and oxygen atoms in total. The fraction of sp³-hybridized carbons (Fsp3) is 0.688. The fourth-order valence-corrected chi connectivity index (χ4v) is 2.85. The van der Waals surface area contributed by atoms with E-state index in [9.17, 15) is 0 Å². The van der Waals surface area contributed by atoms with Gasteiger partial charge in [0.2, 0.25) is 0 Å². The Kier molecular flexibility index (Phi) is 4.68. The Morgan fingerprint density at radius 1 is 1.14 bits per heavy atom. The molecule has 0 aromatic carbocycles. The minimum Gasteiger partial charge on any atom is -0.370 e. The Bertz CT molecular complexity index is 472. The predicted octanol–water partition coefficient (Wildman–Crippen LogP) is 2.13. The fourth-order valence-electron chi connectivity index (χ4n) is 2.85. The molecule has 2 saturated carbocycles. The summed E-state index contributed by atoms with van der Waals surface area (Å²) in [6.45, 7) is 0.692. The van der Waals surface area contributed by atoms with Crippen LogP contribution in [0, 0.1) is 0 Å². The van der Waals surface area contributed by atoms with Crippen LogP contribution in [0.3, 0.4) is 0 Å². The highest BCUT2D eigenvalue weighted by atomic mass is 15.1. The molecule has 3 rings (SSSR count). The quantitative estimate of drug-likeness (QED) is 0.642. The molecule has 21 heavy (non-hydrogen) atoms. The lowest BCUT2D eigenvalue weighted by atomic mass is 9.96. The molecule has 1 aromatic rings. The van der Waals surface area contributed by atoms with Crippen molar-refractivity contribution in [3.8, 4) is 0 Å². The molecule has 3 N–H and O–H groups in total. The Balaban J connectivity index is 1.42. The van der Waals surface area contributed by atoms with Gasteiger partial charge in [-0.2, -0.15) is 0 Å². The maximum Gasteiger partial charge on any atom is 0.188 e. The Morgan fingerprint density at radius 3 is 2.52 bits per heavy atom. The first-order valence-corrected chi connectivity index (χ1v) is 8.18. The maximum absolute atomic E-state index is 5.95. The van der Waals surface area contributed by atoms with Crippen LogP contribution in [0.4, 0.5) is 0 Å². The van der Waals surface area contributed by atoms with Gasteiger partial charge in [-0.3, -0.25) is 4.99 Å². The van der Waals surface area contributed by atoms with Gasteiger partial charge in [-0.25, -0.2) is 9.97 Å². The van der Waals surface area contributed by atoms with E-state index in [-0.39, 0.29) is 0 Å². The van der Waals surface area contributed by atoms with Crippen LogP contribution in [0.25, 0.3) is 0 Å². The third kappa shape index (κ3) is 4.41. The van der Waals surface area contributed by atoms with Gasteiger partial charge in [-0.15, -0.1) is 0 Å². The van der Waals surface area contributed by atoms with E-state index < -0.39 is 0 Å². The maximum atomic E-state index is 5.95. The van der Waals surface area contributed by atoms with Gasteiger partial charge in [0.25, 0.3) is 0 Å². The second-order valence-corrected chi connectivity index (χ2v) is 6.22.